The molecule has 18 heavy (non-hydrogen) atoms. The zero-order chi connectivity index (χ0) is 13.7. The van der Waals surface area contributed by atoms with Gasteiger partial charge in [0.15, 0.2) is 5.78 Å². The second-order valence-corrected chi connectivity index (χ2v) is 3.57. The van der Waals surface area contributed by atoms with E-state index >= 15 is 0 Å². The van der Waals surface area contributed by atoms with E-state index in [1.807, 2.05) is 6.07 Å². The third-order valence-electron chi connectivity index (χ3n) is 2.54. The molecule has 1 aromatic carbocycles. The third-order valence-corrected chi connectivity index (χ3v) is 2.54. The average Bonchev–Trinajstić information content (AvgIpc) is 2.38. The van der Waals surface area contributed by atoms with E-state index in [9.17, 15) is 14.9 Å². The Morgan fingerprint density at radius 1 is 1.61 bits per heavy atom. The highest BCUT2D eigenvalue weighted by molar-refractivity contribution is 6.02. The Morgan fingerprint density at radius 3 is 2.72 bits per heavy atom. The minimum Gasteiger partial charge on any atom is -0.490 e. The van der Waals surface area contributed by atoms with Crippen LogP contribution in [0.2, 0.25) is 0 Å². The zero-order valence-corrected chi connectivity index (χ0v) is 10.0. The number of benzene rings is 1. The van der Waals surface area contributed by atoms with Gasteiger partial charge in [0.1, 0.15) is 5.92 Å². The number of ketones is 1. The summed E-state index contributed by atoms with van der Waals surface area (Å²) in [6.07, 6.45) is 0.348. The lowest BCUT2D eigenvalue weighted by Gasteiger charge is -2.09. The summed E-state index contributed by atoms with van der Waals surface area (Å²) in [5.74, 6) is -1.37. The average molecular weight is 248 g/mol. The van der Waals surface area contributed by atoms with Gasteiger partial charge in [-0.25, -0.2) is 0 Å². The maximum atomic E-state index is 12.0. The van der Waals surface area contributed by atoms with Crippen LogP contribution in [-0.4, -0.2) is 17.8 Å². The number of nitro groups is 1. The van der Waals surface area contributed by atoms with E-state index in [1.165, 1.54) is 25.3 Å². The summed E-state index contributed by atoms with van der Waals surface area (Å²) in [5.41, 5.74) is -0.212. The third kappa shape index (κ3) is 2.46. The molecule has 1 atom stereocenters. The van der Waals surface area contributed by atoms with Crippen molar-refractivity contribution in [2.24, 2.45) is 5.92 Å². The molecule has 1 unspecified atom stereocenters. The van der Waals surface area contributed by atoms with Gasteiger partial charge in [-0.15, -0.1) is 0 Å². The maximum absolute atomic E-state index is 12.0. The van der Waals surface area contributed by atoms with E-state index < -0.39 is 16.6 Å². The van der Waals surface area contributed by atoms with Gasteiger partial charge in [0.05, 0.1) is 23.7 Å². The number of Topliss-reactive ketones (excluding diaryl/α,β-unsaturated/α-hetero) is 1. The Hall–Kier alpha value is -2.42. The summed E-state index contributed by atoms with van der Waals surface area (Å²) in [4.78, 5) is 22.2. The van der Waals surface area contributed by atoms with Crippen LogP contribution in [0.25, 0.3) is 0 Å². The molecule has 94 valence electrons. The van der Waals surface area contributed by atoms with Crippen molar-refractivity contribution >= 4 is 11.5 Å². The Morgan fingerprint density at radius 2 is 2.28 bits per heavy atom. The van der Waals surface area contributed by atoms with Crippen molar-refractivity contribution in [3.63, 3.8) is 0 Å². The Bertz CT molecular complexity index is 519. The minimum atomic E-state index is -0.819. The molecule has 0 saturated heterocycles. The second kappa shape index (κ2) is 5.77. The Labute approximate surface area is 104 Å². The summed E-state index contributed by atoms with van der Waals surface area (Å²) in [6, 6.07) is 5.95. The lowest BCUT2D eigenvalue weighted by Crippen LogP contribution is -2.13. The molecule has 0 radical (unpaired) electrons. The standard InChI is InChI=1S/C12H12N2O4/c1-3-8(7-13)11(15)9-5-4-6-10(14(16)17)12(9)18-2/h4-6,8H,3H2,1-2H3. The number of nitrogens with zero attached hydrogens (tertiary/aromatic N) is 2. The smallest absolute Gasteiger partial charge is 0.311 e. The van der Waals surface area contributed by atoms with Crippen molar-refractivity contribution in [3.05, 3.63) is 33.9 Å². The highest BCUT2D eigenvalue weighted by Gasteiger charge is 2.26. The van der Waals surface area contributed by atoms with Crippen molar-refractivity contribution in [3.8, 4) is 11.8 Å². The summed E-state index contributed by atoms with van der Waals surface area (Å²) in [6.45, 7) is 1.70. The summed E-state index contributed by atoms with van der Waals surface area (Å²) < 4.78 is 4.93. The van der Waals surface area contributed by atoms with Gasteiger partial charge in [-0.3, -0.25) is 14.9 Å². The fraction of sp³-hybridized carbons (Fsp3) is 0.333. The van der Waals surface area contributed by atoms with Gasteiger partial charge in [0.25, 0.3) is 0 Å². The normalized spacial score (nSPS) is 11.4. The van der Waals surface area contributed by atoms with Crippen molar-refractivity contribution < 1.29 is 14.5 Å². The molecule has 0 aromatic heterocycles. The van der Waals surface area contributed by atoms with E-state index in [0.717, 1.165) is 0 Å². The molecule has 0 heterocycles. The first kappa shape index (κ1) is 13.6. The molecule has 1 aromatic rings. The molecule has 0 fully saturated rings. The lowest BCUT2D eigenvalue weighted by molar-refractivity contribution is -0.385. The van der Waals surface area contributed by atoms with Crippen LogP contribution in [0.15, 0.2) is 18.2 Å². The molecule has 0 spiro atoms. The number of nitro benzene ring substituents is 1. The SMILES string of the molecule is CCC(C#N)C(=O)c1cccc([N+](=O)[O-])c1OC. The highest BCUT2D eigenvalue weighted by atomic mass is 16.6. The van der Waals surface area contributed by atoms with Crippen LogP contribution in [0.5, 0.6) is 5.75 Å². The number of carbonyl (C=O) groups excluding carboxylic acids is 1. The fourth-order valence-corrected chi connectivity index (χ4v) is 1.60. The van der Waals surface area contributed by atoms with Gasteiger partial charge >= 0.3 is 5.69 Å². The van der Waals surface area contributed by atoms with Gasteiger partial charge in [-0.2, -0.15) is 5.26 Å². The van der Waals surface area contributed by atoms with Gasteiger partial charge in [0.2, 0.25) is 5.75 Å². The first-order chi connectivity index (χ1) is 8.56. The molecule has 0 aliphatic rings. The number of carbonyl (C=O) groups is 1. The molecule has 0 N–H and O–H groups in total. The van der Waals surface area contributed by atoms with Crippen LogP contribution in [0.4, 0.5) is 5.69 Å². The van der Waals surface area contributed by atoms with Gasteiger partial charge in [-0.1, -0.05) is 13.0 Å². The summed E-state index contributed by atoms with van der Waals surface area (Å²) >= 11 is 0. The van der Waals surface area contributed by atoms with Crippen LogP contribution < -0.4 is 4.74 Å². The maximum Gasteiger partial charge on any atom is 0.311 e. The Balaban J connectivity index is 3.34. The molecule has 0 aliphatic heterocycles. The molecule has 0 bridgehead atoms. The number of methoxy groups -OCH3 is 1. The van der Waals surface area contributed by atoms with E-state index in [1.54, 1.807) is 6.92 Å². The highest BCUT2D eigenvalue weighted by Crippen LogP contribution is 2.32. The van der Waals surface area contributed by atoms with E-state index in [0.29, 0.717) is 6.42 Å². The van der Waals surface area contributed by atoms with E-state index in [-0.39, 0.29) is 17.0 Å². The topological polar surface area (TPSA) is 93.2 Å². The predicted octanol–water partition coefficient (Wildman–Crippen LogP) is 2.34. The van der Waals surface area contributed by atoms with Gasteiger partial charge in [0, 0.05) is 6.07 Å². The molecule has 6 nitrogen and oxygen atoms in total. The summed E-state index contributed by atoms with van der Waals surface area (Å²) in [5, 5.41) is 19.7. The minimum absolute atomic E-state index is 0.0695. The van der Waals surface area contributed by atoms with Crippen molar-refractivity contribution in [2.75, 3.05) is 7.11 Å². The quantitative estimate of drug-likeness (QED) is 0.453. The van der Waals surface area contributed by atoms with Gasteiger partial charge in [-0.05, 0) is 12.5 Å². The van der Waals surface area contributed by atoms with Crippen LogP contribution in [0.1, 0.15) is 23.7 Å². The van der Waals surface area contributed by atoms with Crippen LogP contribution in [-0.2, 0) is 0 Å². The Kier molecular flexibility index (Phi) is 4.38. The molecule has 0 saturated carbocycles. The fourth-order valence-electron chi connectivity index (χ4n) is 1.60. The van der Waals surface area contributed by atoms with E-state index in [2.05, 4.69) is 0 Å². The summed E-state index contributed by atoms with van der Waals surface area (Å²) in [7, 11) is 1.26. The molecule has 6 heteroatoms. The van der Waals surface area contributed by atoms with Crippen molar-refractivity contribution in [1.29, 1.82) is 5.26 Å². The van der Waals surface area contributed by atoms with Gasteiger partial charge < -0.3 is 4.74 Å². The number of para-hydroxylation sites is 1. The van der Waals surface area contributed by atoms with Crippen LogP contribution in [0.3, 0.4) is 0 Å². The van der Waals surface area contributed by atoms with Crippen LogP contribution in [0, 0.1) is 27.4 Å². The first-order valence-electron chi connectivity index (χ1n) is 5.32. The van der Waals surface area contributed by atoms with Crippen molar-refractivity contribution in [2.45, 2.75) is 13.3 Å². The van der Waals surface area contributed by atoms with Crippen LogP contribution >= 0.6 is 0 Å². The number of nitriles is 1. The molecule has 0 aliphatic carbocycles. The predicted molar refractivity (Wildman–Crippen MR) is 63.4 cm³/mol. The molecular formula is C12H12N2O4. The molecule has 1 rings (SSSR count). The van der Waals surface area contributed by atoms with E-state index in [4.69, 9.17) is 10.00 Å². The number of hydrogen-bond acceptors (Lipinski definition) is 5. The molecule has 0 amide bonds. The number of rotatable bonds is 5. The lowest BCUT2D eigenvalue weighted by atomic mass is 9.95. The van der Waals surface area contributed by atoms with Crippen molar-refractivity contribution in [1.82, 2.24) is 0 Å². The number of ether oxygens (including phenoxy) is 1. The molecular weight excluding hydrogens is 236 g/mol. The number of hydrogen-bond donors (Lipinski definition) is 0. The zero-order valence-electron chi connectivity index (χ0n) is 10.0. The first-order valence-corrected chi connectivity index (χ1v) is 5.32. The second-order valence-electron chi connectivity index (χ2n) is 3.57. The largest absolute Gasteiger partial charge is 0.490 e. The monoisotopic (exact) mass is 248 g/mol.